The van der Waals surface area contributed by atoms with Crippen molar-refractivity contribution in [3.05, 3.63) is 12.0 Å². The molecule has 3 heterocycles. The predicted molar refractivity (Wildman–Crippen MR) is 80.3 cm³/mol. The zero-order valence-corrected chi connectivity index (χ0v) is 13.6. The third-order valence-corrected chi connectivity index (χ3v) is 6.48. The second-order valence-corrected chi connectivity index (χ2v) is 8.75. The maximum absolute atomic E-state index is 12.8. The lowest BCUT2D eigenvalue weighted by Gasteiger charge is -2.41. The lowest BCUT2D eigenvalue weighted by molar-refractivity contribution is 0.155. The van der Waals surface area contributed by atoms with Gasteiger partial charge in [0.1, 0.15) is 5.82 Å². The lowest BCUT2D eigenvalue weighted by atomic mass is 9.81. The molecule has 1 saturated heterocycles. The molecular weight excluding hydrogens is 288 g/mol. The highest BCUT2D eigenvalue weighted by molar-refractivity contribution is 7.89. The van der Waals surface area contributed by atoms with E-state index >= 15 is 0 Å². The summed E-state index contributed by atoms with van der Waals surface area (Å²) in [5.74, 6) is 0.896. The molecule has 21 heavy (non-hydrogen) atoms. The molecule has 0 aliphatic carbocycles. The minimum Gasteiger partial charge on any atom is -0.333 e. The van der Waals surface area contributed by atoms with Crippen LogP contribution < -0.4 is 5.73 Å². The summed E-state index contributed by atoms with van der Waals surface area (Å²) in [4.78, 5) is 4.37. The number of nitrogens with zero attached hydrogens (tertiary/aromatic N) is 3. The van der Waals surface area contributed by atoms with E-state index in [1.807, 2.05) is 18.4 Å². The molecule has 0 radical (unpaired) electrons. The van der Waals surface area contributed by atoms with Gasteiger partial charge in [0.25, 0.3) is 10.0 Å². The van der Waals surface area contributed by atoms with Gasteiger partial charge in [-0.15, -0.1) is 0 Å². The molecule has 2 N–H and O–H groups in total. The van der Waals surface area contributed by atoms with Crippen LogP contribution in [-0.4, -0.2) is 41.4 Å². The summed E-state index contributed by atoms with van der Waals surface area (Å²) >= 11 is 0. The van der Waals surface area contributed by atoms with Crippen molar-refractivity contribution in [2.75, 3.05) is 13.1 Å². The highest BCUT2D eigenvalue weighted by atomic mass is 32.2. The third-order valence-electron chi connectivity index (χ3n) is 4.77. The van der Waals surface area contributed by atoms with Gasteiger partial charge in [-0.1, -0.05) is 13.8 Å². The number of sulfonamides is 1. The number of imidazole rings is 1. The number of nitrogens with two attached hydrogens (primary N) is 1. The predicted octanol–water partition coefficient (Wildman–Crippen LogP) is 0.967. The molecule has 7 heteroatoms. The number of hydrogen-bond acceptors (Lipinski definition) is 4. The Kier molecular flexibility index (Phi) is 3.62. The van der Waals surface area contributed by atoms with E-state index in [1.54, 1.807) is 10.5 Å². The Labute approximate surface area is 126 Å². The standard InChI is InChI=1S/C14H24N4O2S/c1-14(2)10-18(8-6-11(14)15)21(19,20)13-9-17-7-4-3-5-12(17)16-13/h9,11H,3-8,10,15H2,1-2H3/t11-/m1/s1. The number of piperidine rings is 1. The van der Waals surface area contributed by atoms with Crippen LogP contribution in [0.3, 0.4) is 0 Å². The summed E-state index contributed by atoms with van der Waals surface area (Å²) in [6.45, 7) is 5.86. The van der Waals surface area contributed by atoms with Gasteiger partial charge in [0.15, 0.2) is 5.03 Å². The van der Waals surface area contributed by atoms with Crippen molar-refractivity contribution in [1.82, 2.24) is 13.9 Å². The molecule has 0 amide bonds. The first-order valence-electron chi connectivity index (χ1n) is 7.62. The fraction of sp³-hybridized carbons (Fsp3) is 0.786. The van der Waals surface area contributed by atoms with Gasteiger partial charge in [-0.25, -0.2) is 13.4 Å². The summed E-state index contributed by atoms with van der Waals surface area (Å²) in [6, 6.07) is 0.0409. The summed E-state index contributed by atoms with van der Waals surface area (Å²) in [5, 5.41) is 0.200. The Hall–Kier alpha value is -0.920. The van der Waals surface area contributed by atoms with Crippen molar-refractivity contribution in [2.24, 2.45) is 11.1 Å². The minimum atomic E-state index is -3.50. The van der Waals surface area contributed by atoms with Gasteiger partial charge in [-0.05, 0) is 24.7 Å². The number of rotatable bonds is 2. The van der Waals surface area contributed by atoms with Gasteiger partial charge in [0.2, 0.25) is 0 Å². The molecule has 1 fully saturated rings. The first-order chi connectivity index (χ1) is 9.80. The molecular formula is C14H24N4O2S. The molecule has 1 aromatic rings. The Morgan fingerprint density at radius 2 is 2.10 bits per heavy atom. The molecule has 0 unspecified atom stereocenters. The van der Waals surface area contributed by atoms with Crippen molar-refractivity contribution >= 4 is 10.0 Å². The van der Waals surface area contributed by atoms with E-state index in [-0.39, 0.29) is 16.5 Å². The first-order valence-corrected chi connectivity index (χ1v) is 9.06. The molecule has 1 atom stereocenters. The average Bonchev–Trinajstić information content (AvgIpc) is 2.86. The van der Waals surface area contributed by atoms with E-state index in [2.05, 4.69) is 4.98 Å². The maximum Gasteiger partial charge on any atom is 0.262 e. The van der Waals surface area contributed by atoms with Crippen LogP contribution in [0.2, 0.25) is 0 Å². The number of aromatic nitrogens is 2. The summed E-state index contributed by atoms with van der Waals surface area (Å²) in [7, 11) is -3.50. The lowest BCUT2D eigenvalue weighted by Crippen LogP contribution is -2.53. The topological polar surface area (TPSA) is 81.2 Å². The zero-order valence-electron chi connectivity index (χ0n) is 12.7. The van der Waals surface area contributed by atoms with Gasteiger partial charge in [0.05, 0.1) is 0 Å². The highest BCUT2D eigenvalue weighted by Gasteiger charge is 2.39. The van der Waals surface area contributed by atoms with E-state index in [4.69, 9.17) is 5.73 Å². The van der Waals surface area contributed by atoms with Crippen LogP contribution in [0.5, 0.6) is 0 Å². The second kappa shape index (κ2) is 5.07. The Morgan fingerprint density at radius 3 is 2.76 bits per heavy atom. The molecule has 2 aliphatic heterocycles. The van der Waals surface area contributed by atoms with Gasteiger partial charge in [0, 0.05) is 38.3 Å². The Morgan fingerprint density at radius 1 is 1.33 bits per heavy atom. The zero-order chi connectivity index (χ0) is 15.3. The Bertz CT molecular complexity index is 612. The largest absolute Gasteiger partial charge is 0.333 e. The van der Waals surface area contributed by atoms with Crippen LogP contribution in [-0.2, 0) is 23.0 Å². The fourth-order valence-corrected chi connectivity index (χ4v) is 4.77. The number of fused-ring (bicyclic) bond motifs is 1. The maximum atomic E-state index is 12.8. The van der Waals surface area contributed by atoms with Crippen LogP contribution in [0.25, 0.3) is 0 Å². The first kappa shape index (κ1) is 15.0. The molecule has 0 aromatic carbocycles. The molecule has 2 aliphatic rings. The molecule has 118 valence electrons. The highest BCUT2D eigenvalue weighted by Crippen LogP contribution is 2.31. The van der Waals surface area contributed by atoms with Crippen molar-refractivity contribution in [3.8, 4) is 0 Å². The van der Waals surface area contributed by atoms with Crippen LogP contribution in [0.1, 0.15) is 38.9 Å². The van der Waals surface area contributed by atoms with Gasteiger partial charge >= 0.3 is 0 Å². The van der Waals surface area contributed by atoms with Crippen LogP contribution in [0.15, 0.2) is 11.2 Å². The molecule has 3 rings (SSSR count). The summed E-state index contributed by atoms with van der Waals surface area (Å²) in [6.07, 6.45) is 5.44. The molecule has 0 saturated carbocycles. The molecule has 6 nitrogen and oxygen atoms in total. The monoisotopic (exact) mass is 312 g/mol. The SMILES string of the molecule is CC1(C)CN(S(=O)(=O)c2cn3c(n2)CCCC3)CC[C@H]1N. The quantitative estimate of drug-likeness (QED) is 0.882. The van der Waals surface area contributed by atoms with Gasteiger partial charge < -0.3 is 10.3 Å². The Balaban J connectivity index is 1.88. The van der Waals surface area contributed by atoms with Crippen molar-refractivity contribution < 1.29 is 8.42 Å². The van der Waals surface area contributed by atoms with Crippen molar-refractivity contribution in [3.63, 3.8) is 0 Å². The number of aryl methyl sites for hydroxylation is 2. The van der Waals surface area contributed by atoms with Crippen molar-refractivity contribution in [2.45, 2.75) is 57.1 Å². The average molecular weight is 312 g/mol. The summed E-state index contributed by atoms with van der Waals surface area (Å²) in [5.41, 5.74) is 5.89. The van der Waals surface area contributed by atoms with E-state index < -0.39 is 10.0 Å². The van der Waals surface area contributed by atoms with Gasteiger partial charge in [-0.3, -0.25) is 0 Å². The van der Waals surface area contributed by atoms with Crippen LogP contribution in [0.4, 0.5) is 0 Å². The van der Waals surface area contributed by atoms with E-state index in [1.165, 1.54) is 0 Å². The normalized spacial score (nSPS) is 26.5. The van der Waals surface area contributed by atoms with E-state index in [0.717, 1.165) is 31.6 Å². The van der Waals surface area contributed by atoms with E-state index in [0.29, 0.717) is 19.5 Å². The fourth-order valence-electron chi connectivity index (χ4n) is 3.17. The molecule has 0 bridgehead atoms. The smallest absolute Gasteiger partial charge is 0.262 e. The number of hydrogen-bond donors (Lipinski definition) is 1. The van der Waals surface area contributed by atoms with E-state index in [9.17, 15) is 8.42 Å². The van der Waals surface area contributed by atoms with Crippen molar-refractivity contribution in [1.29, 1.82) is 0 Å². The van der Waals surface area contributed by atoms with Gasteiger partial charge in [-0.2, -0.15) is 4.31 Å². The molecule has 1 aromatic heterocycles. The van der Waals surface area contributed by atoms with Crippen LogP contribution in [0, 0.1) is 5.41 Å². The van der Waals surface area contributed by atoms with Crippen LogP contribution >= 0.6 is 0 Å². The molecule has 0 spiro atoms. The minimum absolute atomic E-state index is 0.0409. The second-order valence-electron chi connectivity index (χ2n) is 6.87. The third kappa shape index (κ3) is 2.62. The summed E-state index contributed by atoms with van der Waals surface area (Å²) < 4.78 is 29.1.